The fraction of sp³-hybridized carbons (Fsp3) is 0.400. The molecule has 1 N–H and O–H groups in total. The first-order valence-electron chi connectivity index (χ1n) is 8.99. The van der Waals surface area contributed by atoms with Crippen LogP contribution in [0.25, 0.3) is 0 Å². The van der Waals surface area contributed by atoms with Crippen molar-refractivity contribution in [3.8, 4) is 0 Å². The number of thiophene rings is 1. The molecule has 0 radical (unpaired) electrons. The molecule has 5 nitrogen and oxygen atoms in total. The molecule has 0 spiro atoms. The highest BCUT2D eigenvalue weighted by Crippen LogP contribution is 2.26. The molecule has 1 heterocycles. The molecule has 0 saturated heterocycles. The molecule has 27 heavy (non-hydrogen) atoms. The summed E-state index contributed by atoms with van der Waals surface area (Å²) in [7, 11) is 1.75. The maximum absolute atomic E-state index is 13.2. The Morgan fingerprint density at radius 2 is 1.78 bits per heavy atom. The second-order valence-electron chi connectivity index (χ2n) is 6.31. The number of likely N-dealkylation sites (N-methyl/N-ethyl adjacent to an activating group) is 2. The van der Waals surface area contributed by atoms with E-state index in [0.29, 0.717) is 13.1 Å². The molecule has 2 rings (SSSR count). The van der Waals surface area contributed by atoms with Crippen LogP contribution in [0.2, 0.25) is 0 Å². The maximum atomic E-state index is 13.2. The van der Waals surface area contributed by atoms with Crippen LogP contribution in [-0.4, -0.2) is 54.8 Å². The van der Waals surface area contributed by atoms with Crippen LogP contribution in [-0.2, 0) is 9.59 Å². The number of amides is 2. The third-order valence-corrected chi connectivity index (χ3v) is 5.21. The zero-order valence-corrected chi connectivity index (χ0v) is 16.8. The Balaban J connectivity index is 2.01. The lowest BCUT2D eigenvalue weighted by Gasteiger charge is -2.24. The molecule has 1 aromatic heterocycles. The van der Waals surface area contributed by atoms with E-state index < -0.39 is 0 Å². The molecule has 0 aliphatic carbocycles. The zero-order valence-electron chi connectivity index (χ0n) is 15.9. The van der Waals surface area contributed by atoms with Crippen LogP contribution in [0.3, 0.4) is 0 Å². The fourth-order valence-corrected chi connectivity index (χ4v) is 3.65. The fourth-order valence-electron chi connectivity index (χ4n) is 2.84. The predicted molar refractivity (Wildman–Crippen MR) is 106 cm³/mol. The van der Waals surface area contributed by atoms with Gasteiger partial charge in [-0.15, -0.1) is 11.3 Å². The maximum Gasteiger partial charge on any atom is 0.236 e. The normalized spacial score (nSPS) is 12.0. The van der Waals surface area contributed by atoms with E-state index in [9.17, 15) is 14.0 Å². The van der Waals surface area contributed by atoms with Crippen LogP contribution in [0.5, 0.6) is 0 Å². The summed E-state index contributed by atoms with van der Waals surface area (Å²) in [6.07, 6.45) is 0. The number of rotatable bonds is 9. The average molecular weight is 392 g/mol. The van der Waals surface area contributed by atoms with Crippen molar-refractivity contribution in [1.29, 1.82) is 0 Å². The molecule has 0 aliphatic heterocycles. The molecule has 0 aliphatic rings. The number of benzene rings is 1. The molecule has 146 valence electrons. The van der Waals surface area contributed by atoms with E-state index in [4.69, 9.17) is 0 Å². The smallest absolute Gasteiger partial charge is 0.236 e. The van der Waals surface area contributed by atoms with Crippen molar-refractivity contribution in [3.63, 3.8) is 0 Å². The first kappa shape index (κ1) is 21.1. The minimum atomic E-state index is -0.343. The summed E-state index contributed by atoms with van der Waals surface area (Å²) in [6.45, 7) is 5.47. The van der Waals surface area contributed by atoms with Crippen molar-refractivity contribution < 1.29 is 14.0 Å². The third-order valence-electron chi connectivity index (χ3n) is 4.27. The summed E-state index contributed by atoms with van der Waals surface area (Å²) in [6, 6.07) is 9.63. The van der Waals surface area contributed by atoms with E-state index in [0.717, 1.165) is 10.4 Å². The van der Waals surface area contributed by atoms with Gasteiger partial charge >= 0.3 is 0 Å². The number of halogens is 1. The summed E-state index contributed by atoms with van der Waals surface area (Å²) in [4.78, 5) is 29.1. The quantitative estimate of drug-likeness (QED) is 0.715. The van der Waals surface area contributed by atoms with Crippen LogP contribution >= 0.6 is 11.3 Å². The molecular formula is C20H26FN3O2S. The SMILES string of the molecule is CCN(CC)C(=O)CN(C)CC(=O)N[C@H](c1ccc(F)cc1)c1cccs1. The van der Waals surface area contributed by atoms with E-state index in [1.165, 1.54) is 23.5 Å². The Morgan fingerprint density at radius 1 is 1.11 bits per heavy atom. The number of nitrogens with one attached hydrogen (secondary N) is 1. The molecule has 7 heteroatoms. The molecule has 0 unspecified atom stereocenters. The lowest BCUT2D eigenvalue weighted by atomic mass is 10.1. The highest BCUT2D eigenvalue weighted by atomic mass is 32.1. The van der Waals surface area contributed by atoms with Gasteiger partial charge in [0.05, 0.1) is 19.1 Å². The number of nitrogens with zero attached hydrogens (tertiary/aromatic N) is 2. The first-order valence-corrected chi connectivity index (χ1v) is 9.87. The van der Waals surface area contributed by atoms with Gasteiger partial charge in [0.15, 0.2) is 0 Å². The van der Waals surface area contributed by atoms with Crippen LogP contribution in [0, 0.1) is 5.82 Å². The molecular weight excluding hydrogens is 365 g/mol. The highest BCUT2D eigenvalue weighted by molar-refractivity contribution is 7.10. The van der Waals surface area contributed by atoms with Crippen LogP contribution in [0.1, 0.15) is 30.3 Å². The second kappa shape index (κ2) is 10.2. The van der Waals surface area contributed by atoms with Gasteiger partial charge in [0.2, 0.25) is 11.8 Å². The third kappa shape index (κ3) is 6.15. The van der Waals surface area contributed by atoms with Crippen molar-refractivity contribution in [3.05, 3.63) is 58.0 Å². The predicted octanol–water partition coefficient (Wildman–Crippen LogP) is 2.89. The summed E-state index contributed by atoms with van der Waals surface area (Å²) in [5, 5.41) is 4.94. The number of carbonyl (C=O) groups excluding carboxylic acids is 2. The Labute approximate surface area is 163 Å². The number of hydrogen-bond donors (Lipinski definition) is 1. The minimum Gasteiger partial charge on any atom is -0.343 e. The lowest BCUT2D eigenvalue weighted by Crippen LogP contribution is -2.43. The Kier molecular flexibility index (Phi) is 7.94. The van der Waals surface area contributed by atoms with Gasteiger partial charge in [0.25, 0.3) is 0 Å². The molecule has 0 bridgehead atoms. The van der Waals surface area contributed by atoms with E-state index in [1.54, 1.807) is 29.0 Å². The number of carbonyl (C=O) groups is 2. The zero-order chi connectivity index (χ0) is 19.8. The largest absolute Gasteiger partial charge is 0.343 e. The van der Waals surface area contributed by atoms with Gasteiger partial charge in [0, 0.05) is 18.0 Å². The second-order valence-corrected chi connectivity index (χ2v) is 7.29. The molecule has 1 aromatic carbocycles. The van der Waals surface area contributed by atoms with Crippen molar-refractivity contribution in [1.82, 2.24) is 15.1 Å². The van der Waals surface area contributed by atoms with Crippen LogP contribution in [0.15, 0.2) is 41.8 Å². The Morgan fingerprint density at radius 3 is 2.33 bits per heavy atom. The Bertz CT molecular complexity index is 730. The summed E-state index contributed by atoms with van der Waals surface area (Å²) < 4.78 is 13.2. The lowest BCUT2D eigenvalue weighted by molar-refractivity contribution is -0.132. The van der Waals surface area contributed by atoms with Crippen molar-refractivity contribution in [2.75, 3.05) is 33.2 Å². The summed E-state index contributed by atoms with van der Waals surface area (Å²) in [5.41, 5.74) is 0.814. The highest BCUT2D eigenvalue weighted by Gasteiger charge is 2.20. The van der Waals surface area contributed by atoms with E-state index in [2.05, 4.69) is 5.32 Å². The van der Waals surface area contributed by atoms with Crippen molar-refractivity contribution >= 4 is 23.2 Å². The first-order chi connectivity index (χ1) is 12.9. The topological polar surface area (TPSA) is 52.7 Å². The van der Waals surface area contributed by atoms with Crippen molar-refractivity contribution in [2.24, 2.45) is 0 Å². The number of hydrogen-bond acceptors (Lipinski definition) is 4. The molecule has 2 amide bonds. The van der Waals surface area contributed by atoms with Gasteiger partial charge in [-0.3, -0.25) is 14.5 Å². The minimum absolute atomic E-state index is 0.00337. The van der Waals surface area contributed by atoms with Gasteiger partial charge in [-0.25, -0.2) is 4.39 Å². The Hall–Kier alpha value is -2.25. The van der Waals surface area contributed by atoms with Gasteiger partial charge in [-0.05, 0) is 50.0 Å². The molecule has 2 aromatic rings. The van der Waals surface area contributed by atoms with E-state index >= 15 is 0 Å². The monoisotopic (exact) mass is 391 g/mol. The van der Waals surface area contributed by atoms with E-state index in [-0.39, 0.29) is 36.8 Å². The van der Waals surface area contributed by atoms with Gasteiger partial charge in [0.1, 0.15) is 5.82 Å². The average Bonchev–Trinajstić information content (AvgIpc) is 3.15. The summed E-state index contributed by atoms with van der Waals surface area (Å²) in [5.74, 6) is -0.499. The van der Waals surface area contributed by atoms with Crippen LogP contribution < -0.4 is 5.32 Å². The molecule has 1 atom stereocenters. The van der Waals surface area contributed by atoms with Crippen molar-refractivity contribution in [2.45, 2.75) is 19.9 Å². The van der Waals surface area contributed by atoms with Gasteiger partial charge in [-0.2, -0.15) is 0 Å². The molecule has 0 fully saturated rings. The van der Waals surface area contributed by atoms with Gasteiger partial charge < -0.3 is 10.2 Å². The standard InChI is InChI=1S/C20H26FN3O2S/c1-4-24(5-2)19(26)14-23(3)13-18(25)22-20(17-7-6-12-27-17)15-8-10-16(21)11-9-15/h6-12,20H,4-5,13-14H2,1-3H3,(H,22,25)/t20-/m1/s1. The summed E-state index contributed by atoms with van der Waals surface area (Å²) >= 11 is 1.53. The van der Waals surface area contributed by atoms with Crippen LogP contribution in [0.4, 0.5) is 4.39 Å². The molecule has 0 saturated carbocycles. The van der Waals surface area contributed by atoms with Gasteiger partial charge in [-0.1, -0.05) is 18.2 Å². The van der Waals surface area contributed by atoms with E-state index in [1.807, 2.05) is 31.4 Å².